The molecule has 0 spiro atoms. The lowest BCUT2D eigenvalue weighted by molar-refractivity contribution is -0.175. The number of carbonyl (C=O) groups excluding carboxylic acids is 4. The van der Waals surface area contributed by atoms with Crippen LogP contribution in [0, 0.1) is 22.7 Å². The van der Waals surface area contributed by atoms with Gasteiger partial charge < -0.3 is 24.2 Å². The Morgan fingerprint density at radius 3 is 2.53 bits per heavy atom. The van der Waals surface area contributed by atoms with Crippen molar-refractivity contribution in [3.8, 4) is 0 Å². The highest BCUT2D eigenvalue weighted by Gasteiger charge is 2.67. The number of esters is 2. The molecule has 2 saturated heterocycles. The van der Waals surface area contributed by atoms with Crippen molar-refractivity contribution in [2.45, 2.75) is 71.2 Å². The summed E-state index contributed by atoms with van der Waals surface area (Å²) < 4.78 is 17.2. The Morgan fingerprint density at radius 2 is 1.89 bits per heavy atom. The first kappa shape index (κ1) is 25.1. The summed E-state index contributed by atoms with van der Waals surface area (Å²) in [5.41, 5.74) is -0.821. The summed E-state index contributed by atoms with van der Waals surface area (Å²) in [4.78, 5) is 55.3. The number of hydrogen-bond donors (Lipinski definition) is 1. The minimum Gasteiger partial charge on any atom is -0.458 e. The number of methoxy groups -OCH3 is 1. The number of hydrogen-bond acceptors (Lipinski definition) is 9. The van der Waals surface area contributed by atoms with Crippen molar-refractivity contribution in [1.29, 1.82) is 0 Å². The minimum atomic E-state index is -1.15. The molecule has 5 aliphatic rings. The van der Waals surface area contributed by atoms with Gasteiger partial charge in [0.25, 0.3) is 0 Å². The maximum Gasteiger partial charge on any atom is 0.336 e. The first-order valence-electron chi connectivity index (χ1n) is 12.9. The molecule has 3 fully saturated rings. The zero-order chi connectivity index (χ0) is 26.0. The van der Waals surface area contributed by atoms with Crippen LogP contribution in [0.3, 0.4) is 0 Å². The summed E-state index contributed by atoms with van der Waals surface area (Å²) in [6, 6.07) is 0. The SMILES string of the molecule is COC[C@H]1OC(=O)/C(=C\N2CCCC2)C2C(=O)C(=O)C3=C([C@H](OC(C)=O)C[C@@]4(C)C3CC[C@@H]4O)[C@]21C. The maximum absolute atomic E-state index is 13.9. The zero-order valence-electron chi connectivity index (χ0n) is 21.4. The second-order valence-electron chi connectivity index (χ2n) is 11.4. The topological polar surface area (TPSA) is 119 Å². The average Bonchev–Trinajstić information content (AvgIpc) is 3.42. The number of nitrogens with zero attached hydrogens (tertiary/aromatic N) is 1. The summed E-state index contributed by atoms with van der Waals surface area (Å²) in [5, 5.41) is 10.9. The van der Waals surface area contributed by atoms with Gasteiger partial charge >= 0.3 is 11.9 Å². The van der Waals surface area contributed by atoms with Gasteiger partial charge in [-0.25, -0.2) is 4.79 Å². The van der Waals surface area contributed by atoms with Gasteiger partial charge in [-0.1, -0.05) is 13.8 Å². The Bertz CT molecular complexity index is 1070. The van der Waals surface area contributed by atoms with Crippen molar-refractivity contribution in [2.75, 3.05) is 26.8 Å². The fourth-order valence-electron chi connectivity index (χ4n) is 7.56. The zero-order valence-corrected chi connectivity index (χ0v) is 21.4. The normalized spacial score (nSPS) is 41.2. The van der Waals surface area contributed by atoms with Gasteiger partial charge in [-0.05, 0) is 43.6 Å². The molecule has 0 aromatic heterocycles. The van der Waals surface area contributed by atoms with E-state index in [1.165, 1.54) is 14.0 Å². The van der Waals surface area contributed by atoms with E-state index in [1.54, 1.807) is 6.20 Å². The first-order chi connectivity index (χ1) is 17.0. The molecule has 36 heavy (non-hydrogen) atoms. The third kappa shape index (κ3) is 3.49. The van der Waals surface area contributed by atoms with Crippen LogP contribution in [-0.4, -0.2) is 78.6 Å². The molecule has 0 aromatic rings. The number of cyclic esters (lactones) is 1. The summed E-state index contributed by atoms with van der Waals surface area (Å²) in [6.45, 7) is 6.56. The second kappa shape index (κ2) is 8.80. The molecule has 0 radical (unpaired) electrons. The van der Waals surface area contributed by atoms with Gasteiger partial charge in [0.05, 0.1) is 24.2 Å². The van der Waals surface area contributed by atoms with Gasteiger partial charge in [-0.2, -0.15) is 0 Å². The largest absolute Gasteiger partial charge is 0.458 e. The molecule has 1 saturated carbocycles. The molecule has 1 N–H and O–H groups in total. The molecule has 0 amide bonds. The third-order valence-corrected chi connectivity index (χ3v) is 9.34. The summed E-state index contributed by atoms with van der Waals surface area (Å²) >= 11 is 0. The molecule has 2 aliphatic heterocycles. The number of carbonyl (C=O) groups is 4. The lowest BCUT2D eigenvalue weighted by Gasteiger charge is -2.56. The van der Waals surface area contributed by atoms with Crippen molar-refractivity contribution >= 4 is 23.5 Å². The second-order valence-corrected chi connectivity index (χ2v) is 11.4. The van der Waals surface area contributed by atoms with E-state index in [4.69, 9.17) is 14.2 Å². The van der Waals surface area contributed by atoms with E-state index < -0.39 is 58.6 Å². The highest BCUT2D eigenvalue weighted by Crippen LogP contribution is 2.63. The van der Waals surface area contributed by atoms with Crippen LogP contribution in [0.4, 0.5) is 0 Å². The van der Waals surface area contributed by atoms with E-state index in [-0.39, 0.29) is 18.1 Å². The number of fused-ring (bicyclic) bond motifs is 4. The van der Waals surface area contributed by atoms with Crippen LogP contribution in [-0.2, 0) is 33.4 Å². The molecule has 7 atom stereocenters. The first-order valence-corrected chi connectivity index (χ1v) is 12.9. The molecular weight excluding hydrogens is 466 g/mol. The third-order valence-electron chi connectivity index (χ3n) is 9.34. The molecule has 196 valence electrons. The van der Waals surface area contributed by atoms with Crippen LogP contribution < -0.4 is 0 Å². The van der Waals surface area contributed by atoms with Gasteiger partial charge in [0, 0.05) is 49.7 Å². The number of aliphatic hydroxyl groups is 1. The van der Waals surface area contributed by atoms with Crippen molar-refractivity contribution in [1.82, 2.24) is 4.90 Å². The number of allylic oxidation sites excluding steroid dienone is 1. The number of aliphatic hydroxyl groups excluding tert-OH is 1. The summed E-state index contributed by atoms with van der Waals surface area (Å²) in [6.07, 6.45) is 2.63. The van der Waals surface area contributed by atoms with Gasteiger partial charge in [0.1, 0.15) is 12.2 Å². The number of likely N-dealkylation sites (tertiary alicyclic amines) is 1. The van der Waals surface area contributed by atoms with Gasteiger partial charge in [0.15, 0.2) is 0 Å². The lowest BCUT2D eigenvalue weighted by atomic mass is 9.50. The quantitative estimate of drug-likeness (QED) is 0.349. The smallest absolute Gasteiger partial charge is 0.336 e. The van der Waals surface area contributed by atoms with E-state index >= 15 is 0 Å². The van der Waals surface area contributed by atoms with Crippen LogP contribution >= 0.6 is 0 Å². The highest BCUT2D eigenvalue weighted by atomic mass is 16.6. The molecular formula is C27H35NO8. The van der Waals surface area contributed by atoms with E-state index in [0.29, 0.717) is 30.4 Å². The van der Waals surface area contributed by atoms with Crippen LogP contribution in [0.2, 0.25) is 0 Å². The molecule has 3 aliphatic carbocycles. The van der Waals surface area contributed by atoms with Crippen molar-refractivity contribution < 1.29 is 38.5 Å². The van der Waals surface area contributed by atoms with E-state index in [0.717, 1.165) is 25.9 Å². The van der Waals surface area contributed by atoms with Gasteiger partial charge in [-0.15, -0.1) is 0 Å². The van der Waals surface area contributed by atoms with Gasteiger partial charge in [0.2, 0.25) is 11.6 Å². The molecule has 2 heterocycles. The fourth-order valence-corrected chi connectivity index (χ4v) is 7.56. The lowest BCUT2D eigenvalue weighted by Crippen LogP contribution is -2.63. The number of ketones is 2. The predicted octanol–water partition coefficient (Wildman–Crippen LogP) is 1.72. The molecule has 2 unspecified atom stereocenters. The Kier molecular flexibility index (Phi) is 6.15. The number of rotatable bonds is 4. The predicted molar refractivity (Wildman–Crippen MR) is 126 cm³/mol. The van der Waals surface area contributed by atoms with Crippen molar-refractivity contribution in [3.63, 3.8) is 0 Å². The monoisotopic (exact) mass is 501 g/mol. The molecule has 9 nitrogen and oxygen atoms in total. The molecule has 9 heteroatoms. The van der Waals surface area contributed by atoms with Crippen LogP contribution in [0.5, 0.6) is 0 Å². The van der Waals surface area contributed by atoms with Crippen LogP contribution in [0.1, 0.15) is 52.9 Å². The van der Waals surface area contributed by atoms with Crippen molar-refractivity contribution in [3.05, 3.63) is 22.9 Å². The Labute approximate surface area is 210 Å². The summed E-state index contributed by atoms with van der Waals surface area (Å²) in [5.74, 6) is -3.86. The van der Waals surface area contributed by atoms with E-state index in [2.05, 4.69) is 0 Å². The molecule has 5 rings (SSSR count). The minimum absolute atomic E-state index is 0.0192. The van der Waals surface area contributed by atoms with Crippen LogP contribution in [0.25, 0.3) is 0 Å². The fraction of sp³-hybridized carbons (Fsp3) is 0.704. The highest BCUT2D eigenvalue weighted by molar-refractivity contribution is 6.47. The number of Topliss-reactive ketones (excluding diaryl/α,β-unsaturated/α-hetero) is 2. The summed E-state index contributed by atoms with van der Waals surface area (Å²) in [7, 11) is 1.49. The average molecular weight is 502 g/mol. The Morgan fingerprint density at radius 1 is 1.19 bits per heavy atom. The Balaban J connectivity index is 1.75. The number of ether oxygens (including phenoxy) is 3. The van der Waals surface area contributed by atoms with Crippen molar-refractivity contribution in [2.24, 2.45) is 22.7 Å². The molecule has 0 bridgehead atoms. The van der Waals surface area contributed by atoms with E-state index in [9.17, 15) is 24.3 Å². The van der Waals surface area contributed by atoms with Crippen LogP contribution in [0.15, 0.2) is 22.9 Å². The van der Waals surface area contributed by atoms with E-state index in [1.807, 2.05) is 18.7 Å². The Hall–Kier alpha value is -2.52. The standard InChI is InChI=1S/C27H35NO8/c1-14(29)35-17-11-26(2)16(7-8-18(26)30)20-22(17)27(3)19(13-34-4)36-25(33)15(12-28-9-5-6-10-28)21(27)24(32)23(20)31/h12,16-19,21,30H,5-11,13H2,1-4H3/b15-12-/t16?,17-,18+,19-,21?,26+,27+/m1/s1. The molecule has 0 aromatic carbocycles. The van der Waals surface area contributed by atoms with Gasteiger partial charge in [-0.3, -0.25) is 14.4 Å². The maximum atomic E-state index is 13.9.